The monoisotopic (exact) mass is 254 g/mol. The van der Waals surface area contributed by atoms with E-state index < -0.39 is 14.9 Å². The molecule has 0 amide bonds. The standard InChI is InChI=1S/C13H27BO2Si/c1-6-13-12(3)17(4,5)16-11-9-8-10-15-14(13,16)7-2/h6-11H2,1-5H3. The molecule has 0 aromatic carbocycles. The predicted molar refractivity (Wildman–Crippen MR) is 77.8 cm³/mol. The van der Waals surface area contributed by atoms with Gasteiger partial charge in [0.25, 0.3) is 0 Å². The Kier molecular flexibility index (Phi) is 3.59. The van der Waals surface area contributed by atoms with E-state index in [0.717, 1.165) is 19.3 Å². The Bertz CT molecular complexity index is 340. The Morgan fingerprint density at radius 2 is 2.00 bits per heavy atom. The van der Waals surface area contributed by atoms with Gasteiger partial charge in [-0.15, -0.1) is 5.47 Å². The minimum Gasteiger partial charge on any atom is -0.744 e. The van der Waals surface area contributed by atoms with Crippen LogP contribution in [0.4, 0.5) is 0 Å². The molecule has 1 unspecified atom stereocenters. The largest absolute Gasteiger partial charge is 0.744 e. The maximum atomic E-state index is 6.40. The first-order valence-corrected chi connectivity index (χ1v) is 10.1. The second-order valence-electron chi connectivity index (χ2n) is 6.00. The number of rotatable bonds is 2. The quantitative estimate of drug-likeness (QED) is 0.538. The zero-order valence-corrected chi connectivity index (χ0v) is 13.1. The molecule has 2 aliphatic heterocycles. The highest BCUT2D eigenvalue weighted by molar-refractivity contribution is 6.96. The van der Waals surface area contributed by atoms with Crippen LogP contribution in [0.15, 0.2) is 10.7 Å². The minimum absolute atomic E-state index is 0.880. The van der Waals surface area contributed by atoms with Crippen LogP contribution >= 0.6 is 0 Å². The fourth-order valence-corrected chi connectivity index (χ4v) is 7.51. The van der Waals surface area contributed by atoms with E-state index in [9.17, 15) is 0 Å². The van der Waals surface area contributed by atoms with Crippen LogP contribution in [0.5, 0.6) is 0 Å². The third-order valence-corrected chi connectivity index (χ3v) is 9.12. The molecule has 1 fully saturated rings. The van der Waals surface area contributed by atoms with Crippen molar-refractivity contribution in [2.45, 2.75) is 59.4 Å². The summed E-state index contributed by atoms with van der Waals surface area (Å²) in [5, 5.41) is 1.66. The predicted octanol–water partition coefficient (Wildman–Crippen LogP) is 3.83. The van der Waals surface area contributed by atoms with E-state index in [0.29, 0.717) is 0 Å². The Balaban J connectivity index is 2.51. The fourth-order valence-electron chi connectivity index (χ4n) is 3.96. The molecule has 1 saturated heterocycles. The Hall–Kier alpha value is -0.0582. The molecule has 2 rings (SSSR count). The van der Waals surface area contributed by atoms with Gasteiger partial charge in [0.05, 0.1) is 6.61 Å². The van der Waals surface area contributed by atoms with Gasteiger partial charge >= 0.3 is 14.9 Å². The van der Waals surface area contributed by atoms with Crippen molar-refractivity contribution in [3.05, 3.63) is 10.7 Å². The summed E-state index contributed by atoms with van der Waals surface area (Å²) in [6.07, 6.45) is 4.77. The summed E-state index contributed by atoms with van der Waals surface area (Å²) in [5.74, 6) is 0. The van der Waals surface area contributed by atoms with Crippen molar-refractivity contribution in [3.8, 4) is 0 Å². The molecule has 0 bridgehead atoms. The zero-order chi connectivity index (χ0) is 12.7. The van der Waals surface area contributed by atoms with Crippen LogP contribution < -0.4 is 0 Å². The molecule has 2 heterocycles. The van der Waals surface area contributed by atoms with Gasteiger partial charge in [0.1, 0.15) is 0 Å². The highest BCUT2D eigenvalue weighted by Crippen LogP contribution is 2.48. The Morgan fingerprint density at radius 1 is 1.29 bits per heavy atom. The smallest absolute Gasteiger partial charge is 0.428 e. The lowest BCUT2D eigenvalue weighted by molar-refractivity contribution is 0.110. The van der Waals surface area contributed by atoms with Crippen LogP contribution in [0.3, 0.4) is 0 Å². The molecule has 0 N–H and O–H groups in total. The van der Waals surface area contributed by atoms with Crippen molar-refractivity contribution in [2.24, 2.45) is 0 Å². The van der Waals surface area contributed by atoms with Crippen LogP contribution in [-0.2, 0) is 8.63 Å². The second kappa shape index (κ2) is 4.56. The lowest BCUT2D eigenvalue weighted by atomic mass is 9.47. The summed E-state index contributed by atoms with van der Waals surface area (Å²) in [5.41, 5.74) is 1.62. The van der Waals surface area contributed by atoms with E-state index in [4.69, 9.17) is 4.65 Å². The van der Waals surface area contributed by atoms with E-state index in [1.54, 1.807) is 10.7 Å². The third-order valence-electron chi connectivity index (χ3n) is 5.09. The summed E-state index contributed by atoms with van der Waals surface area (Å²) in [6.45, 7) is 13.1. The van der Waals surface area contributed by atoms with Gasteiger partial charge in [-0.2, -0.15) is 0 Å². The summed E-state index contributed by atoms with van der Waals surface area (Å²) in [4.78, 5) is 0. The van der Waals surface area contributed by atoms with E-state index in [1.165, 1.54) is 19.4 Å². The topological polar surface area (TPSA) is 11.9 Å². The van der Waals surface area contributed by atoms with Gasteiger partial charge in [-0.25, -0.2) is 0 Å². The summed E-state index contributed by atoms with van der Waals surface area (Å²) in [6, 6.07) is 0. The summed E-state index contributed by atoms with van der Waals surface area (Å²) >= 11 is 0. The SMILES string of the molecule is CCC1=C(C)[Si](C)(C)[O+]2CCCCO[B-]12CC. The first kappa shape index (κ1) is 13.4. The zero-order valence-electron chi connectivity index (χ0n) is 12.1. The van der Waals surface area contributed by atoms with Crippen molar-refractivity contribution >= 4 is 14.9 Å². The maximum absolute atomic E-state index is 6.40. The van der Waals surface area contributed by atoms with Crippen LogP contribution in [-0.4, -0.2) is 28.1 Å². The van der Waals surface area contributed by atoms with Crippen molar-refractivity contribution in [1.82, 2.24) is 0 Å². The molecule has 17 heavy (non-hydrogen) atoms. The van der Waals surface area contributed by atoms with Crippen molar-refractivity contribution in [3.63, 3.8) is 0 Å². The molecule has 2 nitrogen and oxygen atoms in total. The number of hydrogen-bond donors (Lipinski definition) is 0. The van der Waals surface area contributed by atoms with Crippen molar-refractivity contribution in [1.29, 1.82) is 0 Å². The molecular weight excluding hydrogens is 227 g/mol. The normalized spacial score (nSPS) is 33.7. The first-order chi connectivity index (χ1) is 8.00. The molecule has 98 valence electrons. The van der Waals surface area contributed by atoms with Crippen LogP contribution in [0.25, 0.3) is 0 Å². The molecule has 0 radical (unpaired) electrons. The maximum Gasteiger partial charge on any atom is 0.428 e. The van der Waals surface area contributed by atoms with E-state index >= 15 is 0 Å². The van der Waals surface area contributed by atoms with Gasteiger partial charge in [0.15, 0.2) is 0 Å². The average molecular weight is 254 g/mol. The molecule has 0 spiro atoms. The highest BCUT2D eigenvalue weighted by Gasteiger charge is 2.58. The first-order valence-electron chi connectivity index (χ1n) is 7.22. The van der Waals surface area contributed by atoms with Crippen molar-refractivity contribution in [2.75, 3.05) is 13.2 Å². The third kappa shape index (κ3) is 1.76. The fraction of sp³-hybridized carbons (Fsp3) is 0.846. The van der Waals surface area contributed by atoms with Gasteiger partial charge in [-0.05, 0) is 18.5 Å². The van der Waals surface area contributed by atoms with Crippen LogP contribution in [0, 0.1) is 0 Å². The summed E-state index contributed by atoms with van der Waals surface area (Å²) < 4.78 is 10.2. The van der Waals surface area contributed by atoms with E-state index in [2.05, 4.69) is 37.8 Å². The van der Waals surface area contributed by atoms with Gasteiger partial charge in [0, 0.05) is 26.1 Å². The van der Waals surface area contributed by atoms with Gasteiger partial charge in [-0.1, -0.05) is 26.6 Å². The average Bonchev–Trinajstić information content (AvgIpc) is 2.49. The molecule has 0 aromatic rings. The number of fused-ring (bicyclic) bond motifs is 1. The van der Waals surface area contributed by atoms with Crippen LogP contribution in [0.2, 0.25) is 19.4 Å². The van der Waals surface area contributed by atoms with Crippen LogP contribution in [0.1, 0.15) is 40.0 Å². The lowest BCUT2D eigenvalue weighted by Gasteiger charge is -2.50. The van der Waals surface area contributed by atoms with Crippen molar-refractivity contribution < 1.29 is 8.63 Å². The van der Waals surface area contributed by atoms with E-state index in [1.807, 2.05) is 0 Å². The lowest BCUT2D eigenvalue weighted by Crippen LogP contribution is -2.55. The highest BCUT2D eigenvalue weighted by atomic mass is 28.4. The molecule has 0 saturated carbocycles. The van der Waals surface area contributed by atoms with E-state index in [-0.39, 0.29) is 0 Å². The van der Waals surface area contributed by atoms with Gasteiger partial charge in [0.2, 0.25) is 0 Å². The molecular formula is C13H27BO2Si. The van der Waals surface area contributed by atoms with Gasteiger partial charge in [-0.3, -0.25) is 0 Å². The molecule has 4 heteroatoms. The summed E-state index contributed by atoms with van der Waals surface area (Å²) in [7, 11) is -1.48. The Morgan fingerprint density at radius 3 is 2.59 bits per heavy atom. The van der Waals surface area contributed by atoms with Gasteiger partial charge < -0.3 is 8.63 Å². The molecule has 2 aliphatic rings. The second-order valence-corrected chi connectivity index (χ2v) is 10.3. The Labute approximate surface area is 107 Å². The number of allylic oxidation sites excluding steroid dienone is 2. The minimum atomic E-state index is -1.48. The molecule has 0 aromatic heterocycles. The number of hydrogen-bond acceptors (Lipinski definition) is 1. The molecule has 0 aliphatic carbocycles. The molecule has 1 atom stereocenters.